The Hall–Kier alpha value is -3.70. The molecule has 0 fully saturated rings. The van der Waals surface area contributed by atoms with Crippen LogP contribution in [0.5, 0.6) is 5.75 Å². The molecule has 1 aromatic carbocycles. The second-order valence-electron chi connectivity index (χ2n) is 8.14. The van der Waals surface area contributed by atoms with Gasteiger partial charge >= 0.3 is 0 Å². The molecule has 188 valence electrons. The van der Waals surface area contributed by atoms with E-state index in [-0.39, 0.29) is 5.91 Å². The van der Waals surface area contributed by atoms with Crippen molar-refractivity contribution in [2.24, 2.45) is 0 Å². The highest BCUT2D eigenvalue weighted by atomic mass is 16.5. The van der Waals surface area contributed by atoms with Crippen molar-refractivity contribution in [3.05, 3.63) is 42.4 Å². The lowest BCUT2D eigenvalue weighted by atomic mass is 10.1. The van der Waals surface area contributed by atoms with Gasteiger partial charge in [0.15, 0.2) is 0 Å². The van der Waals surface area contributed by atoms with Crippen LogP contribution in [0, 0.1) is 0 Å². The van der Waals surface area contributed by atoms with E-state index in [0.717, 1.165) is 37.4 Å². The molecule has 0 aliphatic carbocycles. The highest BCUT2D eigenvalue weighted by Gasteiger charge is 2.29. The van der Waals surface area contributed by atoms with E-state index in [4.69, 9.17) is 9.47 Å². The van der Waals surface area contributed by atoms with Crippen LogP contribution in [-0.4, -0.2) is 92.7 Å². The second-order valence-corrected chi connectivity index (χ2v) is 8.14. The number of benzene rings is 1. The number of nitrogens with one attached hydrogen (secondary N) is 3. The van der Waals surface area contributed by atoms with Crippen LogP contribution < -0.4 is 20.7 Å². The maximum atomic E-state index is 12.6. The van der Waals surface area contributed by atoms with Crippen LogP contribution in [0.4, 0.5) is 17.3 Å². The molecule has 11 heteroatoms. The fraction of sp³-hybridized carbons (Fsp3) is 0.417. The second kappa shape index (κ2) is 13.3. The number of nitrogens with zero attached hydrogens (tertiary/aromatic N) is 4. The van der Waals surface area contributed by atoms with Gasteiger partial charge in [-0.3, -0.25) is 9.59 Å². The summed E-state index contributed by atoms with van der Waals surface area (Å²) in [5, 5.41) is 9.11. The van der Waals surface area contributed by atoms with Crippen molar-refractivity contribution in [1.82, 2.24) is 19.8 Å². The SMILES string of the molecule is COCCN(C)CCCOc1cccc(N/C=C2\C(=O)Nc3ncnc(NCCN(C)C=O)c32)c1. The minimum absolute atomic E-state index is 0.272. The molecule has 11 nitrogen and oxygen atoms in total. The first-order valence-electron chi connectivity index (χ1n) is 11.4. The molecule has 0 unspecified atom stereocenters. The molecule has 3 rings (SSSR count). The van der Waals surface area contributed by atoms with Crippen LogP contribution in [-0.2, 0) is 14.3 Å². The van der Waals surface area contributed by atoms with Gasteiger partial charge in [-0.1, -0.05) is 6.07 Å². The molecule has 2 heterocycles. The minimum atomic E-state index is -0.272. The third-order valence-electron chi connectivity index (χ3n) is 5.38. The van der Waals surface area contributed by atoms with Crippen molar-refractivity contribution in [1.29, 1.82) is 0 Å². The van der Waals surface area contributed by atoms with Gasteiger partial charge in [-0.2, -0.15) is 0 Å². The summed E-state index contributed by atoms with van der Waals surface area (Å²) >= 11 is 0. The number of aromatic nitrogens is 2. The zero-order chi connectivity index (χ0) is 25.0. The molecular weight excluding hydrogens is 450 g/mol. The van der Waals surface area contributed by atoms with E-state index >= 15 is 0 Å². The first kappa shape index (κ1) is 25.9. The Balaban J connectivity index is 1.60. The van der Waals surface area contributed by atoms with Crippen molar-refractivity contribution in [2.45, 2.75) is 6.42 Å². The normalized spacial score (nSPS) is 13.5. The van der Waals surface area contributed by atoms with Gasteiger partial charge < -0.3 is 35.2 Å². The third kappa shape index (κ3) is 7.66. The Morgan fingerprint density at radius 3 is 2.80 bits per heavy atom. The van der Waals surface area contributed by atoms with Gasteiger partial charge in [-0.05, 0) is 25.6 Å². The number of likely N-dealkylation sites (N-methyl/N-ethyl adjacent to an activating group) is 2. The summed E-state index contributed by atoms with van der Waals surface area (Å²) in [5.41, 5.74) is 1.79. The van der Waals surface area contributed by atoms with Crippen molar-refractivity contribution in [3.63, 3.8) is 0 Å². The van der Waals surface area contributed by atoms with Crippen LogP contribution >= 0.6 is 0 Å². The number of carbonyl (C=O) groups is 2. The number of amides is 2. The molecule has 2 amide bonds. The molecule has 1 aromatic heterocycles. The van der Waals surface area contributed by atoms with E-state index in [9.17, 15) is 9.59 Å². The average Bonchev–Trinajstić information content (AvgIpc) is 3.19. The van der Waals surface area contributed by atoms with Gasteiger partial charge in [0.05, 0.1) is 24.4 Å². The summed E-state index contributed by atoms with van der Waals surface area (Å²) in [6, 6.07) is 7.57. The van der Waals surface area contributed by atoms with E-state index in [0.29, 0.717) is 49.1 Å². The summed E-state index contributed by atoms with van der Waals surface area (Å²) in [5.74, 6) is 1.44. The number of hydrogen-bond donors (Lipinski definition) is 3. The highest BCUT2D eigenvalue weighted by Crippen LogP contribution is 2.34. The third-order valence-corrected chi connectivity index (χ3v) is 5.38. The number of carbonyl (C=O) groups excluding carboxylic acids is 2. The molecule has 0 saturated heterocycles. The fourth-order valence-corrected chi connectivity index (χ4v) is 3.41. The molecule has 0 saturated carbocycles. The molecule has 1 aliphatic heterocycles. The topological polar surface area (TPSA) is 121 Å². The Bertz CT molecular complexity index is 1030. The lowest BCUT2D eigenvalue weighted by molar-refractivity contribution is -0.116. The van der Waals surface area contributed by atoms with Crippen LogP contribution in [0.1, 0.15) is 12.0 Å². The Kier molecular flexibility index (Phi) is 9.81. The van der Waals surface area contributed by atoms with Crippen molar-refractivity contribution in [3.8, 4) is 5.75 Å². The molecule has 0 radical (unpaired) electrons. The number of rotatable bonds is 15. The van der Waals surface area contributed by atoms with Crippen molar-refractivity contribution < 1.29 is 19.1 Å². The molecule has 3 N–H and O–H groups in total. The smallest absolute Gasteiger partial charge is 0.259 e. The maximum Gasteiger partial charge on any atom is 0.259 e. The predicted molar refractivity (Wildman–Crippen MR) is 135 cm³/mol. The Morgan fingerprint density at radius 2 is 2.00 bits per heavy atom. The monoisotopic (exact) mass is 483 g/mol. The minimum Gasteiger partial charge on any atom is -0.493 e. The van der Waals surface area contributed by atoms with Crippen LogP contribution in [0.15, 0.2) is 36.8 Å². The zero-order valence-corrected chi connectivity index (χ0v) is 20.4. The van der Waals surface area contributed by atoms with Gasteiger partial charge in [0.2, 0.25) is 6.41 Å². The average molecular weight is 484 g/mol. The number of anilines is 3. The number of fused-ring (bicyclic) bond motifs is 1. The lowest BCUT2D eigenvalue weighted by Crippen LogP contribution is -2.25. The van der Waals surface area contributed by atoms with Gasteiger partial charge in [0, 0.05) is 58.3 Å². The van der Waals surface area contributed by atoms with Crippen LogP contribution in [0.3, 0.4) is 0 Å². The van der Waals surface area contributed by atoms with Gasteiger partial charge in [-0.15, -0.1) is 0 Å². The van der Waals surface area contributed by atoms with Gasteiger partial charge in [0.1, 0.15) is 23.7 Å². The summed E-state index contributed by atoms with van der Waals surface area (Å²) in [6.07, 6.45) is 4.68. The van der Waals surface area contributed by atoms with Crippen LogP contribution in [0.2, 0.25) is 0 Å². The molecule has 0 spiro atoms. The maximum absolute atomic E-state index is 12.6. The molecule has 0 bridgehead atoms. The van der Waals surface area contributed by atoms with Gasteiger partial charge in [0.25, 0.3) is 5.91 Å². The number of ether oxygens (including phenoxy) is 2. The van der Waals surface area contributed by atoms with Crippen LogP contribution in [0.25, 0.3) is 5.57 Å². The lowest BCUT2D eigenvalue weighted by Gasteiger charge is -2.16. The van der Waals surface area contributed by atoms with E-state index in [1.54, 1.807) is 20.4 Å². The Labute approximate surface area is 205 Å². The van der Waals surface area contributed by atoms with E-state index in [1.165, 1.54) is 11.2 Å². The zero-order valence-electron chi connectivity index (χ0n) is 20.4. The first-order valence-corrected chi connectivity index (χ1v) is 11.4. The summed E-state index contributed by atoms with van der Waals surface area (Å²) in [4.78, 5) is 35.6. The van der Waals surface area contributed by atoms with E-state index in [1.807, 2.05) is 24.3 Å². The van der Waals surface area contributed by atoms with E-state index in [2.05, 4.69) is 37.9 Å². The summed E-state index contributed by atoms with van der Waals surface area (Å²) in [6.45, 7) is 4.10. The predicted octanol–water partition coefficient (Wildman–Crippen LogP) is 1.73. The molecule has 0 atom stereocenters. The van der Waals surface area contributed by atoms with Crippen molar-refractivity contribution in [2.75, 3.05) is 76.5 Å². The summed E-state index contributed by atoms with van der Waals surface area (Å²) < 4.78 is 11.0. The molecule has 35 heavy (non-hydrogen) atoms. The molecule has 2 aromatic rings. The van der Waals surface area contributed by atoms with Crippen molar-refractivity contribution >= 4 is 35.2 Å². The number of hydrogen-bond acceptors (Lipinski definition) is 9. The quantitative estimate of drug-likeness (QED) is 0.198. The van der Waals surface area contributed by atoms with E-state index < -0.39 is 0 Å². The first-order chi connectivity index (χ1) is 17.0. The molecule has 1 aliphatic rings. The standard InChI is InChI=1S/C24H33N7O4/c1-30(11-13-34-3)9-5-12-35-19-7-4-6-18(14-19)26-15-20-21-22(25-8-10-31(2)17-32)27-16-28-23(21)29-24(20)33/h4,6-7,14-17,26H,5,8-13H2,1-3H3,(H2,25,27,28,29,33)/b20-15-. The highest BCUT2D eigenvalue weighted by molar-refractivity contribution is 6.32. The fourth-order valence-electron chi connectivity index (χ4n) is 3.41. The Morgan fingerprint density at radius 1 is 1.14 bits per heavy atom. The summed E-state index contributed by atoms with van der Waals surface area (Å²) in [7, 11) is 5.45. The number of methoxy groups -OCH3 is 1. The molecular formula is C24H33N7O4. The largest absolute Gasteiger partial charge is 0.493 e. The van der Waals surface area contributed by atoms with Gasteiger partial charge in [-0.25, -0.2) is 9.97 Å².